The number of aromatic nitrogens is 2. The monoisotopic (exact) mass is 364 g/mol. The van der Waals surface area contributed by atoms with E-state index in [1.54, 1.807) is 6.26 Å². The molecule has 0 amide bonds. The van der Waals surface area contributed by atoms with Crippen molar-refractivity contribution in [2.45, 2.75) is 20.4 Å². The Morgan fingerprint density at radius 3 is 2.70 bits per heavy atom. The molecule has 138 valence electrons. The van der Waals surface area contributed by atoms with Crippen LogP contribution in [0.25, 0.3) is 22.4 Å². The molecule has 0 saturated heterocycles. The van der Waals surface area contributed by atoms with Gasteiger partial charge < -0.3 is 19.1 Å². The average molecular weight is 364 g/mol. The maximum Gasteiger partial charge on any atom is 0.372 e. The van der Waals surface area contributed by atoms with Crippen LogP contribution in [0, 0.1) is 0 Å². The molecule has 0 unspecified atom stereocenters. The van der Waals surface area contributed by atoms with Gasteiger partial charge in [0, 0.05) is 30.2 Å². The molecule has 0 aliphatic carbocycles. The van der Waals surface area contributed by atoms with Crippen LogP contribution in [0.4, 0.5) is 11.5 Å². The van der Waals surface area contributed by atoms with Gasteiger partial charge in [-0.15, -0.1) is 0 Å². The van der Waals surface area contributed by atoms with Crippen LogP contribution in [0.15, 0.2) is 56.3 Å². The number of nitrogens with one attached hydrogen (secondary N) is 1. The number of furan rings is 1. The quantitative estimate of drug-likeness (QED) is 0.522. The molecule has 0 saturated carbocycles. The van der Waals surface area contributed by atoms with Crippen LogP contribution in [0.5, 0.6) is 0 Å². The Morgan fingerprint density at radius 1 is 1.11 bits per heavy atom. The van der Waals surface area contributed by atoms with E-state index in [4.69, 9.17) is 8.83 Å². The molecule has 2 aliphatic heterocycles. The van der Waals surface area contributed by atoms with Gasteiger partial charge in [-0.05, 0) is 44.2 Å². The lowest BCUT2D eigenvalue weighted by Gasteiger charge is -2.21. The maximum absolute atomic E-state index is 11.9. The molecule has 7 heteroatoms. The van der Waals surface area contributed by atoms with E-state index in [1.807, 2.05) is 30.3 Å². The van der Waals surface area contributed by atoms with Crippen LogP contribution >= 0.6 is 0 Å². The first kappa shape index (κ1) is 17.1. The molecule has 0 atom stereocenters. The maximum atomic E-state index is 11.9. The summed E-state index contributed by atoms with van der Waals surface area (Å²) in [6.45, 7) is 6.45. The third-order valence-corrected chi connectivity index (χ3v) is 4.53. The first-order valence-corrected chi connectivity index (χ1v) is 8.94. The Kier molecular flexibility index (Phi) is 4.50. The number of anilines is 2. The zero-order valence-corrected chi connectivity index (χ0v) is 15.2. The van der Waals surface area contributed by atoms with Gasteiger partial charge in [0.05, 0.1) is 18.4 Å². The van der Waals surface area contributed by atoms with Crippen molar-refractivity contribution < 1.29 is 8.83 Å². The number of nitrogens with zero attached hydrogens (tertiary/aromatic N) is 3. The van der Waals surface area contributed by atoms with Gasteiger partial charge in [0.1, 0.15) is 17.2 Å². The number of rotatable bonds is 6. The van der Waals surface area contributed by atoms with Crippen molar-refractivity contribution in [3.8, 4) is 11.5 Å². The highest BCUT2D eigenvalue weighted by atomic mass is 16.3. The van der Waals surface area contributed by atoms with Gasteiger partial charge in [-0.25, -0.2) is 4.79 Å². The van der Waals surface area contributed by atoms with Gasteiger partial charge in [0.15, 0.2) is 0 Å². The SMILES string of the molecule is CCN(CC)c1ccc2cc3c(NCc4ccco4)nc(=O)nc-3oc2c1. The molecule has 7 nitrogen and oxygen atoms in total. The van der Waals surface area contributed by atoms with Crippen molar-refractivity contribution in [1.29, 1.82) is 0 Å². The summed E-state index contributed by atoms with van der Waals surface area (Å²) in [5.74, 6) is 1.44. The third kappa shape index (κ3) is 3.36. The van der Waals surface area contributed by atoms with Crippen LogP contribution in [0.2, 0.25) is 0 Å². The Morgan fingerprint density at radius 2 is 1.96 bits per heavy atom. The van der Waals surface area contributed by atoms with Crippen molar-refractivity contribution in [1.82, 2.24) is 9.97 Å². The Labute approximate surface area is 156 Å². The van der Waals surface area contributed by atoms with Crippen LogP contribution in [-0.4, -0.2) is 23.1 Å². The zero-order chi connectivity index (χ0) is 18.8. The highest BCUT2D eigenvalue weighted by Crippen LogP contribution is 2.32. The molecule has 3 heterocycles. The van der Waals surface area contributed by atoms with Crippen molar-refractivity contribution >= 4 is 22.5 Å². The molecule has 1 N–H and O–H groups in total. The van der Waals surface area contributed by atoms with E-state index in [0.29, 0.717) is 23.5 Å². The first-order valence-electron chi connectivity index (χ1n) is 8.94. The lowest BCUT2D eigenvalue weighted by Crippen LogP contribution is -2.21. The largest absolute Gasteiger partial charge is 0.467 e. The molecule has 1 aromatic carbocycles. The molecular weight excluding hydrogens is 344 g/mol. The van der Waals surface area contributed by atoms with Gasteiger partial charge in [-0.2, -0.15) is 9.97 Å². The number of hydrogen-bond donors (Lipinski definition) is 1. The van der Waals surface area contributed by atoms with Crippen molar-refractivity contribution in [2.24, 2.45) is 0 Å². The molecule has 1 aromatic heterocycles. The van der Waals surface area contributed by atoms with Gasteiger partial charge in [0.25, 0.3) is 0 Å². The number of fused-ring (bicyclic) bond motifs is 2. The summed E-state index contributed by atoms with van der Waals surface area (Å²) >= 11 is 0. The molecule has 0 radical (unpaired) electrons. The molecule has 4 rings (SSSR count). The van der Waals surface area contributed by atoms with Gasteiger partial charge >= 0.3 is 5.69 Å². The summed E-state index contributed by atoms with van der Waals surface area (Å²) in [4.78, 5) is 22.1. The summed E-state index contributed by atoms with van der Waals surface area (Å²) in [6, 6.07) is 11.6. The second kappa shape index (κ2) is 7.11. The molecule has 27 heavy (non-hydrogen) atoms. The van der Waals surface area contributed by atoms with E-state index in [1.165, 1.54) is 0 Å². The lowest BCUT2D eigenvalue weighted by molar-refractivity contribution is 0.517. The summed E-state index contributed by atoms with van der Waals surface area (Å²) < 4.78 is 11.3. The minimum Gasteiger partial charge on any atom is -0.467 e. The van der Waals surface area contributed by atoms with E-state index < -0.39 is 5.69 Å². The van der Waals surface area contributed by atoms with E-state index in [0.717, 1.165) is 29.9 Å². The fourth-order valence-corrected chi connectivity index (χ4v) is 3.13. The molecule has 2 aromatic rings. The summed E-state index contributed by atoms with van der Waals surface area (Å²) in [6.07, 6.45) is 1.60. The molecule has 0 bridgehead atoms. The first-order chi connectivity index (χ1) is 13.2. The van der Waals surface area contributed by atoms with Crippen molar-refractivity contribution in [3.63, 3.8) is 0 Å². The van der Waals surface area contributed by atoms with Gasteiger partial charge in [-0.1, -0.05) is 0 Å². The third-order valence-electron chi connectivity index (χ3n) is 4.53. The van der Waals surface area contributed by atoms with Crippen molar-refractivity contribution in [2.75, 3.05) is 23.3 Å². The predicted octanol–water partition coefficient (Wildman–Crippen LogP) is 3.74. The minimum atomic E-state index is -0.590. The van der Waals surface area contributed by atoms with Gasteiger partial charge in [-0.3, -0.25) is 0 Å². The smallest absolute Gasteiger partial charge is 0.372 e. The van der Waals surface area contributed by atoms with E-state index in [-0.39, 0.29) is 5.89 Å². The fourth-order valence-electron chi connectivity index (χ4n) is 3.13. The zero-order valence-electron chi connectivity index (χ0n) is 15.2. The van der Waals surface area contributed by atoms with E-state index >= 15 is 0 Å². The Bertz CT molecular complexity index is 1080. The minimum absolute atomic E-state index is 0.265. The predicted molar refractivity (Wildman–Crippen MR) is 104 cm³/mol. The number of benzene rings is 1. The van der Waals surface area contributed by atoms with Gasteiger partial charge in [0.2, 0.25) is 5.89 Å². The van der Waals surface area contributed by atoms with Crippen LogP contribution in [0.3, 0.4) is 0 Å². The molecular formula is C20H20N4O3. The fraction of sp³-hybridized carbons (Fsp3) is 0.250. The van der Waals surface area contributed by atoms with Crippen molar-refractivity contribution in [3.05, 3.63) is 58.9 Å². The van der Waals surface area contributed by atoms with Crippen LogP contribution in [0.1, 0.15) is 19.6 Å². The highest BCUT2D eigenvalue weighted by molar-refractivity contribution is 5.87. The second-order valence-electron chi connectivity index (χ2n) is 6.15. The molecule has 0 spiro atoms. The van der Waals surface area contributed by atoms with Crippen LogP contribution < -0.4 is 15.9 Å². The molecule has 2 aliphatic rings. The normalized spacial score (nSPS) is 11.2. The lowest BCUT2D eigenvalue weighted by atomic mass is 10.1. The summed E-state index contributed by atoms with van der Waals surface area (Å²) in [7, 11) is 0. The Balaban J connectivity index is 1.77. The van der Waals surface area contributed by atoms with E-state index in [9.17, 15) is 4.79 Å². The standard InChI is InChI=1S/C20H20N4O3/c1-3-24(4-2)14-8-7-13-10-16-18(21-12-15-6-5-9-26-15)22-20(25)23-19(16)27-17(13)11-14/h5-11H,3-4,12H2,1-2H3,(H,21,22,25). The summed E-state index contributed by atoms with van der Waals surface area (Å²) in [5.41, 5.74) is 1.82. The Hall–Kier alpha value is -3.35. The molecule has 0 fully saturated rings. The topological polar surface area (TPSA) is 84.4 Å². The highest BCUT2D eigenvalue weighted by Gasteiger charge is 2.17. The van der Waals surface area contributed by atoms with E-state index in [2.05, 4.69) is 40.1 Å². The number of hydrogen-bond acceptors (Lipinski definition) is 7. The van der Waals surface area contributed by atoms with Crippen LogP contribution in [-0.2, 0) is 6.54 Å². The summed E-state index contributed by atoms with van der Waals surface area (Å²) in [5, 5.41) is 4.05. The second-order valence-corrected chi connectivity index (χ2v) is 6.15. The average Bonchev–Trinajstić information content (AvgIpc) is 3.19.